The van der Waals surface area contributed by atoms with Crippen LogP contribution in [0.3, 0.4) is 0 Å². The number of fused-ring (bicyclic) bond motifs is 1. The van der Waals surface area contributed by atoms with E-state index >= 15 is 0 Å². The highest BCUT2D eigenvalue weighted by atomic mass is 16.7. The van der Waals surface area contributed by atoms with Gasteiger partial charge in [0.25, 0.3) is 0 Å². The second-order valence-electron chi connectivity index (χ2n) is 4.37. The van der Waals surface area contributed by atoms with Gasteiger partial charge >= 0.3 is 0 Å². The van der Waals surface area contributed by atoms with Crippen molar-refractivity contribution in [2.45, 2.75) is 25.0 Å². The van der Waals surface area contributed by atoms with Crippen molar-refractivity contribution in [3.05, 3.63) is 35.9 Å². The normalized spacial score (nSPS) is 32.1. The molecular formula is C13H15NO2. The molecule has 0 amide bonds. The third kappa shape index (κ3) is 1.43. The van der Waals surface area contributed by atoms with Crippen molar-refractivity contribution < 1.29 is 9.57 Å². The summed E-state index contributed by atoms with van der Waals surface area (Å²) in [5.41, 5.74) is 2.26. The molecule has 1 aromatic rings. The van der Waals surface area contributed by atoms with Gasteiger partial charge in [-0.1, -0.05) is 35.5 Å². The molecule has 2 aliphatic rings. The Morgan fingerprint density at radius 2 is 2.06 bits per heavy atom. The van der Waals surface area contributed by atoms with Crippen LogP contribution in [0.25, 0.3) is 0 Å². The molecule has 3 rings (SSSR count). The van der Waals surface area contributed by atoms with Crippen LogP contribution < -0.4 is 0 Å². The summed E-state index contributed by atoms with van der Waals surface area (Å²) in [6, 6.07) is 10.3. The minimum absolute atomic E-state index is 0.125. The first-order chi connectivity index (χ1) is 7.90. The zero-order valence-electron chi connectivity index (χ0n) is 9.30. The molecule has 1 aliphatic carbocycles. The molecule has 1 aromatic carbocycles. The fraction of sp³-hybridized carbons (Fsp3) is 0.462. The second-order valence-corrected chi connectivity index (χ2v) is 4.37. The van der Waals surface area contributed by atoms with Gasteiger partial charge in [0, 0.05) is 13.0 Å². The highest BCUT2D eigenvalue weighted by Gasteiger charge is 2.45. The maximum atomic E-state index is 5.51. The van der Waals surface area contributed by atoms with E-state index in [1.807, 2.05) is 18.2 Å². The first-order valence-electron chi connectivity index (χ1n) is 5.72. The Balaban J connectivity index is 1.85. The van der Waals surface area contributed by atoms with E-state index in [9.17, 15) is 0 Å². The van der Waals surface area contributed by atoms with Crippen molar-refractivity contribution >= 4 is 5.71 Å². The summed E-state index contributed by atoms with van der Waals surface area (Å²) in [5.74, 6) is 0.410. The SMILES string of the molecule is CO[C@H]1CC[C@@H]2C(c3ccccc3)=NO[C@H]12. The van der Waals surface area contributed by atoms with Gasteiger partial charge in [-0.05, 0) is 18.4 Å². The highest BCUT2D eigenvalue weighted by Crippen LogP contribution is 2.37. The van der Waals surface area contributed by atoms with Crippen molar-refractivity contribution in [2.75, 3.05) is 7.11 Å². The van der Waals surface area contributed by atoms with Crippen LogP contribution in [0.1, 0.15) is 18.4 Å². The quantitative estimate of drug-likeness (QED) is 0.760. The first kappa shape index (κ1) is 9.85. The molecule has 0 saturated heterocycles. The lowest BCUT2D eigenvalue weighted by Gasteiger charge is -2.14. The van der Waals surface area contributed by atoms with Crippen LogP contribution in [0.2, 0.25) is 0 Å². The van der Waals surface area contributed by atoms with E-state index in [1.165, 1.54) is 5.56 Å². The van der Waals surface area contributed by atoms with Crippen molar-refractivity contribution in [1.82, 2.24) is 0 Å². The van der Waals surface area contributed by atoms with Gasteiger partial charge < -0.3 is 9.57 Å². The maximum absolute atomic E-state index is 5.51. The molecule has 1 saturated carbocycles. The molecule has 3 atom stereocenters. The molecule has 0 N–H and O–H groups in total. The number of nitrogens with zero attached hydrogens (tertiary/aromatic N) is 1. The number of benzene rings is 1. The van der Waals surface area contributed by atoms with Gasteiger partial charge in [-0.15, -0.1) is 0 Å². The van der Waals surface area contributed by atoms with E-state index in [2.05, 4.69) is 17.3 Å². The minimum Gasteiger partial charge on any atom is -0.389 e. The van der Waals surface area contributed by atoms with E-state index in [4.69, 9.17) is 9.57 Å². The van der Waals surface area contributed by atoms with E-state index in [0.717, 1.165) is 18.6 Å². The standard InChI is InChI=1S/C13H15NO2/c1-15-11-8-7-10-12(14-16-13(10)11)9-5-3-2-4-6-9/h2-6,10-11,13H,7-8H2,1H3/t10-,11+,13+/m1/s1. The smallest absolute Gasteiger partial charge is 0.161 e. The monoisotopic (exact) mass is 217 g/mol. The van der Waals surface area contributed by atoms with Crippen molar-refractivity contribution in [3.63, 3.8) is 0 Å². The molecule has 1 aliphatic heterocycles. The predicted molar refractivity (Wildman–Crippen MR) is 61.4 cm³/mol. The zero-order chi connectivity index (χ0) is 11.0. The Hall–Kier alpha value is -1.35. The maximum Gasteiger partial charge on any atom is 0.161 e. The predicted octanol–water partition coefficient (Wildman–Crippen LogP) is 2.21. The van der Waals surface area contributed by atoms with Crippen LogP contribution in [0.5, 0.6) is 0 Å². The molecule has 3 nitrogen and oxygen atoms in total. The van der Waals surface area contributed by atoms with Crippen LogP contribution in [0.4, 0.5) is 0 Å². The van der Waals surface area contributed by atoms with Gasteiger partial charge in [-0.2, -0.15) is 0 Å². The molecule has 16 heavy (non-hydrogen) atoms. The summed E-state index contributed by atoms with van der Waals surface area (Å²) in [6.45, 7) is 0. The molecule has 0 spiro atoms. The fourth-order valence-electron chi connectivity index (χ4n) is 2.68. The Bertz CT molecular complexity index is 402. The lowest BCUT2D eigenvalue weighted by Crippen LogP contribution is -2.27. The molecular weight excluding hydrogens is 202 g/mol. The minimum atomic E-state index is 0.125. The molecule has 1 heterocycles. The van der Waals surface area contributed by atoms with E-state index in [-0.39, 0.29) is 12.2 Å². The number of rotatable bonds is 2. The van der Waals surface area contributed by atoms with Crippen molar-refractivity contribution in [3.8, 4) is 0 Å². The van der Waals surface area contributed by atoms with E-state index in [0.29, 0.717) is 5.92 Å². The molecule has 3 heteroatoms. The zero-order valence-corrected chi connectivity index (χ0v) is 9.30. The average Bonchev–Trinajstić information content (AvgIpc) is 2.90. The molecule has 84 valence electrons. The second kappa shape index (κ2) is 3.91. The van der Waals surface area contributed by atoms with Crippen molar-refractivity contribution in [1.29, 1.82) is 0 Å². The number of oxime groups is 1. The van der Waals surface area contributed by atoms with Gasteiger partial charge in [-0.3, -0.25) is 0 Å². The third-order valence-electron chi connectivity index (χ3n) is 3.52. The lowest BCUT2D eigenvalue weighted by molar-refractivity contribution is -0.0318. The van der Waals surface area contributed by atoms with Gasteiger partial charge in [0.15, 0.2) is 6.10 Å². The lowest BCUT2D eigenvalue weighted by atomic mass is 9.94. The first-order valence-corrected chi connectivity index (χ1v) is 5.72. The highest BCUT2D eigenvalue weighted by molar-refractivity contribution is 6.03. The van der Waals surface area contributed by atoms with Crippen LogP contribution in [0.15, 0.2) is 35.5 Å². The number of hydrogen-bond donors (Lipinski definition) is 0. The van der Waals surface area contributed by atoms with Gasteiger partial charge in [0.2, 0.25) is 0 Å². The third-order valence-corrected chi connectivity index (χ3v) is 3.52. The number of hydrogen-bond acceptors (Lipinski definition) is 3. The van der Waals surface area contributed by atoms with Crippen LogP contribution >= 0.6 is 0 Å². The Kier molecular flexibility index (Phi) is 2.40. The Morgan fingerprint density at radius 1 is 1.25 bits per heavy atom. The van der Waals surface area contributed by atoms with Crippen LogP contribution in [-0.2, 0) is 9.57 Å². The molecule has 0 radical (unpaired) electrons. The summed E-state index contributed by atoms with van der Waals surface area (Å²) in [5, 5.41) is 4.23. The Labute approximate surface area is 95.1 Å². The van der Waals surface area contributed by atoms with Gasteiger partial charge in [0.05, 0.1) is 11.8 Å². The summed E-state index contributed by atoms with van der Waals surface area (Å²) >= 11 is 0. The summed E-state index contributed by atoms with van der Waals surface area (Å²) in [6.07, 6.45) is 2.50. The number of methoxy groups -OCH3 is 1. The van der Waals surface area contributed by atoms with E-state index < -0.39 is 0 Å². The van der Waals surface area contributed by atoms with Crippen LogP contribution in [-0.4, -0.2) is 25.0 Å². The van der Waals surface area contributed by atoms with Crippen molar-refractivity contribution in [2.24, 2.45) is 11.1 Å². The number of ether oxygens (including phenoxy) is 1. The molecule has 0 unspecified atom stereocenters. The van der Waals surface area contributed by atoms with Gasteiger partial charge in [-0.25, -0.2) is 0 Å². The molecule has 0 bridgehead atoms. The largest absolute Gasteiger partial charge is 0.389 e. The van der Waals surface area contributed by atoms with Gasteiger partial charge in [0.1, 0.15) is 0 Å². The molecule has 1 fully saturated rings. The molecule has 0 aromatic heterocycles. The summed E-state index contributed by atoms with van der Waals surface area (Å²) in [7, 11) is 1.75. The average molecular weight is 217 g/mol. The van der Waals surface area contributed by atoms with Crippen LogP contribution in [0, 0.1) is 5.92 Å². The summed E-state index contributed by atoms with van der Waals surface area (Å²) < 4.78 is 5.41. The fourth-order valence-corrected chi connectivity index (χ4v) is 2.68. The Morgan fingerprint density at radius 3 is 2.81 bits per heavy atom. The van der Waals surface area contributed by atoms with E-state index in [1.54, 1.807) is 7.11 Å². The topological polar surface area (TPSA) is 30.8 Å². The summed E-state index contributed by atoms with van der Waals surface area (Å²) in [4.78, 5) is 5.51.